The standard InChI is InChI=1S/C14H18Cl2N2O/c1-2-3-14(19)18-8-6-17(7-9-18)13-10-11(15)4-5-12(13)16/h4-5,10H,2-3,6-9H2,1H3. The van der Waals surface area contributed by atoms with Gasteiger partial charge in [0.2, 0.25) is 5.91 Å². The van der Waals surface area contributed by atoms with Crippen LogP contribution in [0.5, 0.6) is 0 Å². The fourth-order valence-corrected chi connectivity index (χ4v) is 2.70. The van der Waals surface area contributed by atoms with Gasteiger partial charge in [-0.25, -0.2) is 0 Å². The predicted octanol–water partition coefficient (Wildman–Crippen LogP) is 3.44. The number of nitrogens with zero attached hydrogens (tertiary/aromatic N) is 2. The molecule has 104 valence electrons. The molecule has 1 heterocycles. The van der Waals surface area contributed by atoms with Crippen molar-refractivity contribution in [2.45, 2.75) is 19.8 Å². The third-order valence-corrected chi connectivity index (χ3v) is 3.90. The molecule has 1 aliphatic rings. The van der Waals surface area contributed by atoms with E-state index >= 15 is 0 Å². The van der Waals surface area contributed by atoms with Crippen molar-refractivity contribution in [3.63, 3.8) is 0 Å². The fourth-order valence-electron chi connectivity index (χ4n) is 2.30. The van der Waals surface area contributed by atoms with Gasteiger partial charge in [-0.1, -0.05) is 30.1 Å². The first-order valence-corrected chi connectivity index (χ1v) is 7.35. The summed E-state index contributed by atoms with van der Waals surface area (Å²) in [5.41, 5.74) is 0.955. The molecule has 0 spiro atoms. The number of rotatable bonds is 3. The van der Waals surface area contributed by atoms with Gasteiger partial charge in [0.15, 0.2) is 0 Å². The number of benzene rings is 1. The molecule has 0 bridgehead atoms. The van der Waals surface area contributed by atoms with Gasteiger partial charge >= 0.3 is 0 Å². The zero-order valence-corrected chi connectivity index (χ0v) is 12.5. The Hall–Kier alpha value is -0.930. The Labute approximate surface area is 124 Å². The first-order chi connectivity index (χ1) is 9.11. The van der Waals surface area contributed by atoms with E-state index in [0.29, 0.717) is 16.5 Å². The van der Waals surface area contributed by atoms with Crippen LogP contribution in [0.15, 0.2) is 18.2 Å². The van der Waals surface area contributed by atoms with Crippen molar-refractivity contribution in [3.05, 3.63) is 28.2 Å². The summed E-state index contributed by atoms with van der Waals surface area (Å²) in [6.45, 7) is 5.13. The Morgan fingerprint density at radius 2 is 1.89 bits per heavy atom. The van der Waals surface area contributed by atoms with Crippen LogP contribution in [0.2, 0.25) is 10.0 Å². The van der Waals surface area contributed by atoms with E-state index in [-0.39, 0.29) is 5.91 Å². The quantitative estimate of drug-likeness (QED) is 0.854. The second kappa shape index (κ2) is 6.49. The zero-order chi connectivity index (χ0) is 13.8. The normalized spacial score (nSPS) is 15.7. The third-order valence-electron chi connectivity index (χ3n) is 3.35. The molecule has 0 N–H and O–H groups in total. The molecule has 1 aliphatic heterocycles. The summed E-state index contributed by atoms with van der Waals surface area (Å²) >= 11 is 12.2. The van der Waals surface area contributed by atoms with E-state index in [0.717, 1.165) is 38.3 Å². The number of anilines is 1. The monoisotopic (exact) mass is 300 g/mol. The van der Waals surface area contributed by atoms with Gasteiger partial charge in [0.25, 0.3) is 0 Å². The van der Waals surface area contributed by atoms with Gasteiger partial charge in [0.1, 0.15) is 0 Å². The first kappa shape index (κ1) is 14.5. The summed E-state index contributed by atoms with van der Waals surface area (Å²) in [7, 11) is 0. The number of halogens is 2. The highest BCUT2D eigenvalue weighted by molar-refractivity contribution is 6.35. The van der Waals surface area contributed by atoms with Crippen LogP contribution >= 0.6 is 23.2 Å². The van der Waals surface area contributed by atoms with Crippen molar-refractivity contribution >= 4 is 34.8 Å². The predicted molar refractivity (Wildman–Crippen MR) is 80.2 cm³/mol. The van der Waals surface area contributed by atoms with Crippen molar-refractivity contribution in [2.75, 3.05) is 31.1 Å². The Morgan fingerprint density at radius 1 is 1.21 bits per heavy atom. The van der Waals surface area contributed by atoms with E-state index in [1.165, 1.54) is 0 Å². The minimum absolute atomic E-state index is 0.249. The lowest BCUT2D eigenvalue weighted by Crippen LogP contribution is -2.48. The molecule has 0 saturated carbocycles. The molecule has 0 unspecified atom stereocenters. The summed E-state index contributed by atoms with van der Waals surface area (Å²) in [5.74, 6) is 0.249. The molecule has 0 atom stereocenters. The molecular formula is C14H18Cl2N2O. The average molecular weight is 301 g/mol. The second-order valence-electron chi connectivity index (χ2n) is 4.71. The van der Waals surface area contributed by atoms with Crippen molar-refractivity contribution in [1.82, 2.24) is 4.90 Å². The van der Waals surface area contributed by atoms with Crippen LogP contribution in [0.4, 0.5) is 5.69 Å². The van der Waals surface area contributed by atoms with Gasteiger partial charge in [-0.05, 0) is 24.6 Å². The first-order valence-electron chi connectivity index (χ1n) is 6.59. The minimum Gasteiger partial charge on any atom is -0.367 e. The van der Waals surface area contributed by atoms with Crippen LogP contribution in [-0.2, 0) is 4.79 Å². The maximum absolute atomic E-state index is 11.8. The molecule has 19 heavy (non-hydrogen) atoms. The molecule has 1 amide bonds. The largest absolute Gasteiger partial charge is 0.367 e. The van der Waals surface area contributed by atoms with E-state index in [1.54, 1.807) is 6.07 Å². The van der Waals surface area contributed by atoms with Crippen LogP contribution in [0.25, 0.3) is 0 Å². The Kier molecular flexibility index (Phi) is 4.94. The summed E-state index contributed by atoms with van der Waals surface area (Å²) in [5, 5.41) is 1.39. The van der Waals surface area contributed by atoms with Gasteiger partial charge in [-0.3, -0.25) is 4.79 Å². The third kappa shape index (κ3) is 3.54. The van der Waals surface area contributed by atoms with Gasteiger partial charge in [0, 0.05) is 37.6 Å². The van der Waals surface area contributed by atoms with Crippen molar-refractivity contribution in [3.8, 4) is 0 Å². The van der Waals surface area contributed by atoms with Crippen LogP contribution in [0.3, 0.4) is 0 Å². The highest BCUT2D eigenvalue weighted by Crippen LogP contribution is 2.29. The molecule has 1 saturated heterocycles. The Morgan fingerprint density at radius 3 is 2.53 bits per heavy atom. The van der Waals surface area contributed by atoms with Crippen LogP contribution < -0.4 is 4.90 Å². The molecule has 0 radical (unpaired) electrons. The second-order valence-corrected chi connectivity index (χ2v) is 5.56. The highest BCUT2D eigenvalue weighted by atomic mass is 35.5. The summed E-state index contributed by atoms with van der Waals surface area (Å²) in [6.07, 6.45) is 1.54. The number of amides is 1. The van der Waals surface area contributed by atoms with Gasteiger partial charge in [-0.15, -0.1) is 0 Å². The van der Waals surface area contributed by atoms with Gasteiger partial charge < -0.3 is 9.80 Å². The molecule has 3 nitrogen and oxygen atoms in total. The number of piperazine rings is 1. The summed E-state index contributed by atoms with van der Waals surface area (Å²) in [6, 6.07) is 5.48. The zero-order valence-electron chi connectivity index (χ0n) is 11.0. The van der Waals surface area contributed by atoms with Gasteiger partial charge in [-0.2, -0.15) is 0 Å². The summed E-state index contributed by atoms with van der Waals surface area (Å²) < 4.78 is 0. The molecule has 0 aromatic heterocycles. The lowest BCUT2D eigenvalue weighted by molar-refractivity contribution is -0.131. The van der Waals surface area contributed by atoms with E-state index in [4.69, 9.17) is 23.2 Å². The average Bonchev–Trinajstić information content (AvgIpc) is 2.42. The Bertz CT molecular complexity index is 457. The molecule has 0 aliphatic carbocycles. The van der Waals surface area contributed by atoms with Gasteiger partial charge in [0.05, 0.1) is 10.7 Å². The van der Waals surface area contributed by atoms with Crippen molar-refractivity contribution in [2.24, 2.45) is 0 Å². The maximum atomic E-state index is 11.8. The smallest absolute Gasteiger partial charge is 0.222 e. The highest BCUT2D eigenvalue weighted by Gasteiger charge is 2.21. The van der Waals surface area contributed by atoms with Crippen LogP contribution in [0, 0.1) is 0 Å². The van der Waals surface area contributed by atoms with Crippen molar-refractivity contribution in [1.29, 1.82) is 0 Å². The number of hydrogen-bond acceptors (Lipinski definition) is 2. The van der Waals surface area contributed by atoms with Crippen molar-refractivity contribution < 1.29 is 4.79 Å². The molecule has 1 fully saturated rings. The van der Waals surface area contributed by atoms with E-state index in [9.17, 15) is 4.79 Å². The number of carbonyl (C=O) groups excluding carboxylic acids is 1. The number of carbonyl (C=O) groups is 1. The summed E-state index contributed by atoms with van der Waals surface area (Å²) in [4.78, 5) is 15.9. The lowest BCUT2D eigenvalue weighted by Gasteiger charge is -2.36. The van der Waals surface area contributed by atoms with E-state index in [1.807, 2.05) is 24.0 Å². The molecule has 2 rings (SSSR count). The maximum Gasteiger partial charge on any atom is 0.222 e. The minimum atomic E-state index is 0.249. The Balaban J connectivity index is 2.00. The SMILES string of the molecule is CCCC(=O)N1CCN(c2cc(Cl)ccc2Cl)CC1. The fraction of sp³-hybridized carbons (Fsp3) is 0.500. The number of hydrogen-bond donors (Lipinski definition) is 0. The van der Waals surface area contributed by atoms with E-state index in [2.05, 4.69) is 4.90 Å². The van der Waals surface area contributed by atoms with E-state index < -0.39 is 0 Å². The lowest BCUT2D eigenvalue weighted by atomic mass is 10.2. The topological polar surface area (TPSA) is 23.6 Å². The molecule has 1 aromatic carbocycles. The molecule has 1 aromatic rings. The molecule has 5 heteroatoms. The van der Waals surface area contributed by atoms with Crippen LogP contribution in [-0.4, -0.2) is 37.0 Å². The van der Waals surface area contributed by atoms with Crippen LogP contribution in [0.1, 0.15) is 19.8 Å². The molecular weight excluding hydrogens is 283 g/mol.